The average Bonchev–Trinajstić information content (AvgIpc) is 3.22. The monoisotopic (exact) mass is 501 g/mol. The number of carboxylic acid groups (broad SMARTS) is 1. The summed E-state index contributed by atoms with van der Waals surface area (Å²) in [6.45, 7) is 10.6. The molecule has 0 saturated carbocycles. The number of likely N-dealkylation sites (tertiary alicyclic amines) is 1. The number of carbonyl (C=O) groups is 3. The van der Waals surface area contributed by atoms with Crippen molar-refractivity contribution in [1.82, 2.24) is 24.6 Å². The summed E-state index contributed by atoms with van der Waals surface area (Å²) >= 11 is 0. The van der Waals surface area contributed by atoms with E-state index in [9.17, 15) is 27.9 Å². The van der Waals surface area contributed by atoms with Crippen LogP contribution < -0.4 is 15.4 Å². The smallest absolute Gasteiger partial charge is 0.405 e. The van der Waals surface area contributed by atoms with Gasteiger partial charge in [-0.25, -0.2) is 9.52 Å². The zero-order valence-corrected chi connectivity index (χ0v) is 21.2. The lowest BCUT2D eigenvalue weighted by molar-refractivity contribution is -0.136. The summed E-state index contributed by atoms with van der Waals surface area (Å²) in [7, 11) is -3.92. The first-order chi connectivity index (χ1) is 15.9. The minimum Gasteiger partial charge on any atom is -0.465 e. The van der Waals surface area contributed by atoms with Crippen LogP contribution in [0.2, 0.25) is 0 Å². The van der Waals surface area contributed by atoms with Crippen molar-refractivity contribution in [2.45, 2.75) is 77.4 Å². The summed E-state index contributed by atoms with van der Waals surface area (Å²) in [6.07, 6.45) is 4.43. The van der Waals surface area contributed by atoms with Gasteiger partial charge in [-0.1, -0.05) is 33.3 Å². The fraction of sp³-hybridized carbons (Fsp3) is 0.773. The Kier molecular flexibility index (Phi) is 9.89. The number of amides is 3. The first kappa shape index (κ1) is 28.1. The van der Waals surface area contributed by atoms with Gasteiger partial charge in [0.05, 0.1) is 6.04 Å². The summed E-state index contributed by atoms with van der Waals surface area (Å²) in [4.78, 5) is 38.9. The van der Waals surface area contributed by atoms with Crippen molar-refractivity contribution in [2.75, 3.05) is 26.2 Å². The normalized spacial score (nSPS) is 21.5. The largest absolute Gasteiger partial charge is 0.465 e. The average molecular weight is 502 g/mol. The highest BCUT2D eigenvalue weighted by Crippen LogP contribution is 2.25. The van der Waals surface area contributed by atoms with Gasteiger partial charge in [-0.2, -0.15) is 12.7 Å². The summed E-state index contributed by atoms with van der Waals surface area (Å²) < 4.78 is 28.7. The molecule has 0 aromatic carbocycles. The van der Waals surface area contributed by atoms with E-state index in [-0.39, 0.29) is 24.9 Å². The van der Waals surface area contributed by atoms with E-state index in [1.807, 2.05) is 0 Å². The second kappa shape index (κ2) is 12.0. The Balaban J connectivity index is 2.04. The van der Waals surface area contributed by atoms with Gasteiger partial charge in [0.15, 0.2) is 0 Å². The molecular weight excluding hydrogens is 462 g/mol. The van der Waals surface area contributed by atoms with E-state index in [2.05, 4.69) is 21.9 Å². The molecule has 12 heteroatoms. The van der Waals surface area contributed by atoms with Crippen LogP contribution in [0.3, 0.4) is 0 Å². The minimum absolute atomic E-state index is 0.215. The number of nitrogens with one attached hydrogen (secondary N) is 3. The van der Waals surface area contributed by atoms with Gasteiger partial charge < -0.3 is 20.6 Å². The molecule has 11 nitrogen and oxygen atoms in total. The lowest BCUT2D eigenvalue weighted by Gasteiger charge is -2.35. The Morgan fingerprint density at radius 1 is 1.12 bits per heavy atom. The van der Waals surface area contributed by atoms with Gasteiger partial charge in [-0.05, 0) is 37.5 Å². The molecule has 3 atom stereocenters. The molecule has 2 aliphatic heterocycles. The number of piperidine rings is 1. The fourth-order valence-corrected chi connectivity index (χ4v) is 5.64. The molecule has 0 radical (unpaired) electrons. The Morgan fingerprint density at radius 3 is 2.32 bits per heavy atom. The van der Waals surface area contributed by atoms with Crippen molar-refractivity contribution >= 4 is 28.1 Å². The quantitative estimate of drug-likeness (QED) is 0.327. The lowest BCUT2D eigenvalue weighted by Crippen LogP contribution is -2.57. The predicted molar refractivity (Wildman–Crippen MR) is 128 cm³/mol. The van der Waals surface area contributed by atoms with E-state index in [0.29, 0.717) is 26.1 Å². The van der Waals surface area contributed by atoms with Crippen molar-refractivity contribution in [3.05, 3.63) is 12.7 Å². The number of hydrogen-bond acceptors (Lipinski definition) is 6. The van der Waals surface area contributed by atoms with Crippen LogP contribution in [-0.4, -0.2) is 84.9 Å². The van der Waals surface area contributed by atoms with Gasteiger partial charge in [0.25, 0.3) is 5.91 Å². The first-order valence-electron chi connectivity index (χ1n) is 11.8. The highest BCUT2D eigenvalue weighted by atomic mass is 32.2. The Bertz CT molecular complexity index is 850. The maximum Gasteiger partial charge on any atom is 0.405 e. The maximum absolute atomic E-state index is 13.2. The Hall–Kier alpha value is -2.18. The highest BCUT2D eigenvalue weighted by molar-refractivity contribution is 7.87. The Labute approximate surface area is 202 Å². The van der Waals surface area contributed by atoms with Crippen LogP contribution >= 0.6 is 0 Å². The molecule has 2 rings (SSSR count). The second-order valence-corrected chi connectivity index (χ2v) is 11.7. The molecule has 3 amide bonds. The van der Waals surface area contributed by atoms with Crippen LogP contribution in [0.4, 0.5) is 4.79 Å². The lowest BCUT2D eigenvalue weighted by atomic mass is 9.85. The minimum atomic E-state index is -3.92. The van der Waals surface area contributed by atoms with Crippen LogP contribution in [0, 0.1) is 5.41 Å². The van der Waals surface area contributed by atoms with Crippen LogP contribution in [0.5, 0.6) is 0 Å². The third-order valence-corrected chi connectivity index (χ3v) is 7.75. The number of carbonyl (C=O) groups excluding carboxylic acids is 2. The molecule has 0 aromatic heterocycles. The van der Waals surface area contributed by atoms with Crippen molar-refractivity contribution < 1.29 is 27.9 Å². The van der Waals surface area contributed by atoms with E-state index in [4.69, 9.17) is 0 Å². The van der Waals surface area contributed by atoms with Gasteiger partial charge in [-0.3, -0.25) is 9.59 Å². The molecule has 2 fully saturated rings. The molecule has 2 aliphatic rings. The molecule has 3 unspecified atom stereocenters. The van der Waals surface area contributed by atoms with Gasteiger partial charge in [0, 0.05) is 32.2 Å². The standard InChI is InChI=1S/C22H39N5O6S/c1-5-10-17(19(28)25-34(32,33)26-12-7-6-8-13-26)23-15-16-11-9-14-27(16)20(29)18(22(2,3)4)24-21(30)31/h5,16-18,23-24H,1,6-15H2,2-4H3,(H,25,28)(H,30,31). The van der Waals surface area contributed by atoms with E-state index in [1.165, 1.54) is 10.4 Å². The molecule has 0 aliphatic carbocycles. The summed E-state index contributed by atoms with van der Waals surface area (Å²) in [5.74, 6) is -0.974. The predicted octanol–water partition coefficient (Wildman–Crippen LogP) is 1.04. The fourth-order valence-electron chi connectivity index (χ4n) is 4.37. The molecule has 0 aromatic rings. The topological polar surface area (TPSA) is 148 Å². The van der Waals surface area contributed by atoms with Crippen LogP contribution in [0.15, 0.2) is 12.7 Å². The van der Waals surface area contributed by atoms with Gasteiger partial charge in [0.2, 0.25) is 5.91 Å². The summed E-state index contributed by atoms with van der Waals surface area (Å²) in [5, 5.41) is 14.6. The van der Waals surface area contributed by atoms with Crippen LogP contribution in [-0.2, 0) is 19.8 Å². The molecule has 2 heterocycles. The summed E-state index contributed by atoms with van der Waals surface area (Å²) in [6, 6.07) is -1.98. The third kappa shape index (κ3) is 7.67. The molecule has 2 saturated heterocycles. The number of rotatable bonds is 10. The van der Waals surface area contributed by atoms with E-state index < -0.39 is 39.7 Å². The molecule has 34 heavy (non-hydrogen) atoms. The Morgan fingerprint density at radius 2 is 1.76 bits per heavy atom. The molecule has 194 valence electrons. The number of nitrogens with zero attached hydrogens (tertiary/aromatic N) is 2. The van der Waals surface area contributed by atoms with Gasteiger partial charge in [-0.15, -0.1) is 6.58 Å². The van der Waals surface area contributed by atoms with Gasteiger partial charge in [0.1, 0.15) is 6.04 Å². The van der Waals surface area contributed by atoms with E-state index >= 15 is 0 Å². The van der Waals surface area contributed by atoms with Crippen molar-refractivity contribution in [3.8, 4) is 0 Å². The second-order valence-electron chi connectivity index (χ2n) is 9.99. The zero-order chi connectivity index (χ0) is 25.5. The van der Waals surface area contributed by atoms with Gasteiger partial charge >= 0.3 is 16.3 Å². The van der Waals surface area contributed by atoms with Crippen molar-refractivity contribution in [1.29, 1.82) is 0 Å². The SMILES string of the molecule is C=CCC(NCC1CCCN1C(=O)C(NC(=O)O)C(C)(C)C)C(=O)NS(=O)(=O)N1CCCCC1. The number of hydrogen-bond donors (Lipinski definition) is 4. The van der Waals surface area contributed by atoms with Crippen LogP contribution in [0.25, 0.3) is 0 Å². The van der Waals surface area contributed by atoms with E-state index in [0.717, 1.165) is 25.7 Å². The van der Waals surface area contributed by atoms with Crippen LogP contribution in [0.1, 0.15) is 59.3 Å². The van der Waals surface area contributed by atoms with Crippen molar-refractivity contribution in [3.63, 3.8) is 0 Å². The molecule has 0 spiro atoms. The third-order valence-electron chi connectivity index (χ3n) is 6.24. The zero-order valence-electron chi connectivity index (χ0n) is 20.4. The molecular formula is C22H39N5O6S. The molecule has 0 bridgehead atoms. The van der Waals surface area contributed by atoms with E-state index in [1.54, 1.807) is 25.7 Å². The van der Waals surface area contributed by atoms with Crippen molar-refractivity contribution in [2.24, 2.45) is 5.41 Å². The molecule has 4 N–H and O–H groups in total. The first-order valence-corrected chi connectivity index (χ1v) is 13.3. The highest BCUT2D eigenvalue weighted by Gasteiger charge is 2.40. The maximum atomic E-state index is 13.2. The summed E-state index contributed by atoms with van der Waals surface area (Å²) in [5.41, 5.74) is -0.621.